The van der Waals surface area contributed by atoms with Gasteiger partial charge in [0.2, 0.25) is 5.91 Å². The van der Waals surface area contributed by atoms with Crippen molar-refractivity contribution >= 4 is 5.91 Å². The Kier molecular flexibility index (Phi) is 61.5. The number of nitrogens with one attached hydrogen (secondary N) is 1. The first-order chi connectivity index (χ1) is 14.7. The fraction of sp³-hybridized carbons (Fsp3) is 0.957. The Hall–Kier alpha value is -0.730. The number of hydrogen-bond donors (Lipinski definition) is 1. The first-order valence-corrected chi connectivity index (χ1v) is 11.7. The van der Waals surface area contributed by atoms with E-state index >= 15 is 0 Å². The molecule has 0 saturated heterocycles. The zero-order valence-electron chi connectivity index (χ0n) is 22.1. The quantitative estimate of drug-likeness (QED) is 0.354. The van der Waals surface area contributed by atoms with Crippen LogP contribution in [-0.2, 0) is 28.5 Å². The molecule has 7 nitrogen and oxygen atoms in total. The molecule has 30 heavy (non-hydrogen) atoms. The molecule has 0 unspecified atom stereocenters. The number of hydrogen-bond acceptors (Lipinski definition) is 6. The lowest BCUT2D eigenvalue weighted by Crippen LogP contribution is -2.31. The summed E-state index contributed by atoms with van der Waals surface area (Å²) in [5.74, 6) is 0.350. The third-order valence-corrected chi connectivity index (χ3v) is 2.49. The van der Waals surface area contributed by atoms with Crippen molar-refractivity contribution in [3.63, 3.8) is 0 Å². The van der Waals surface area contributed by atoms with E-state index in [-0.39, 0.29) is 12.5 Å². The highest BCUT2D eigenvalue weighted by Gasteiger charge is 2.01. The molecule has 0 fully saturated rings. The molecule has 0 rings (SSSR count). The normalized spacial score (nSPS) is 8.93. The molecular formula is C23H55NO6. The molecule has 0 aliphatic carbocycles. The van der Waals surface area contributed by atoms with Gasteiger partial charge in [0.1, 0.15) is 6.61 Å². The van der Waals surface area contributed by atoms with Gasteiger partial charge in [0.15, 0.2) is 0 Å². The second-order valence-electron chi connectivity index (χ2n) is 5.08. The van der Waals surface area contributed by atoms with Gasteiger partial charge in [-0.25, -0.2) is 0 Å². The van der Waals surface area contributed by atoms with Crippen LogP contribution in [0, 0.1) is 5.92 Å². The highest BCUT2D eigenvalue weighted by Crippen LogP contribution is 1.87. The number of amides is 1. The van der Waals surface area contributed by atoms with Crippen LogP contribution >= 0.6 is 0 Å². The third-order valence-electron chi connectivity index (χ3n) is 2.49. The highest BCUT2D eigenvalue weighted by molar-refractivity contribution is 5.77. The molecule has 0 saturated carbocycles. The second-order valence-corrected chi connectivity index (χ2v) is 5.08. The van der Waals surface area contributed by atoms with Crippen molar-refractivity contribution in [1.29, 1.82) is 0 Å². The summed E-state index contributed by atoms with van der Waals surface area (Å²) < 4.78 is 25.9. The lowest BCUT2D eigenvalue weighted by atomic mass is 10.2. The summed E-state index contributed by atoms with van der Waals surface area (Å²) in [5.41, 5.74) is 0. The van der Waals surface area contributed by atoms with E-state index in [1.807, 2.05) is 69.2 Å². The van der Waals surface area contributed by atoms with Gasteiger partial charge in [0.25, 0.3) is 0 Å². The molecule has 0 aliphatic rings. The average molecular weight is 442 g/mol. The maximum atomic E-state index is 11.3. The van der Waals surface area contributed by atoms with Crippen molar-refractivity contribution < 1.29 is 28.5 Å². The Bertz CT molecular complexity index is 254. The summed E-state index contributed by atoms with van der Waals surface area (Å²) in [6.07, 6.45) is 0. The van der Waals surface area contributed by atoms with E-state index in [0.29, 0.717) is 65.3 Å². The molecule has 0 atom stereocenters. The van der Waals surface area contributed by atoms with Gasteiger partial charge in [-0.3, -0.25) is 4.79 Å². The van der Waals surface area contributed by atoms with Crippen molar-refractivity contribution in [1.82, 2.24) is 5.32 Å². The monoisotopic (exact) mass is 441 g/mol. The summed E-state index contributed by atoms with van der Waals surface area (Å²) in [4.78, 5) is 11.3. The van der Waals surface area contributed by atoms with Crippen molar-refractivity contribution in [2.75, 3.05) is 73.1 Å². The van der Waals surface area contributed by atoms with E-state index in [2.05, 4.69) is 5.32 Å². The average Bonchev–Trinajstić information content (AvgIpc) is 2.81. The molecular weight excluding hydrogens is 386 g/mol. The first kappa shape index (κ1) is 39.7. The maximum absolute atomic E-state index is 11.3. The minimum absolute atomic E-state index is 0.0748. The van der Waals surface area contributed by atoms with E-state index in [1.54, 1.807) is 7.11 Å². The topological polar surface area (TPSA) is 75.2 Å². The van der Waals surface area contributed by atoms with E-state index in [1.165, 1.54) is 0 Å². The Morgan fingerprint density at radius 3 is 1.30 bits per heavy atom. The summed E-state index contributed by atoms with van der Waals surface area (Å²) in [6.45, 7) is 25.0. The van der Waals surface area contributed by atoms with Gasteiger partial charge in [-0.1, -0.05) is 69.2 Å². The van der Waals surface area contributed by atoms with E-state index in [0.717, 1.165) is 0 Å². The molecule has 0 spiro atoms. The Labute approximate surface area is 188 Å². The predicted octanol–water partition coefficient (Wildman–Crippen LogP) is 4.58. The standard InChI is InChI=1S/C15H31NO6.4C2H6/c1-14(2)12-16-15(17)13-22-11-10-21-9-8-20-7-6-19-5-4-18-3;4*1-2/h14H,4-13H2,1-3H3,(H,16,17);4*1-2H3. The molecule has 0 aromatic carbocycles. The van der Waals surface area contributed by atoms with E-state index < -0.39 is 0 Å². The molecule has 0 heterocycles. The van der Waals surface area contributed by atoms with Gasteiger partial charge in [0.05, 0.1) is 52.9 Å². The molecule has 188 valence electrons. The van der Waals surface area contributed by atoms with Crippen LogP contribution in [0.1, 0.15) is 69.2 Å². The van der Waals surface area contributed by atoms with Crippen LogP contribution in [0.15, 0.2) is 0 Å². The van der Waals surface area contributed by atoms with Crippen LogP contribution in [0.4, 0.5) is 0 Å². The van der Waals surface area contributed by atoms with Crippen LogP contribution in [0.5, 0.6) is 0 Å². The summed E-state index contributed by atoms with van der Waals surface area (Å²) in [5, 5.41) is 2.78. The van der Waals surface area contributed by atoms with Crippen LogP contribution in [-0.4, -0.2) is 79.0 Å². The number of ether oxygens (including phenoxy) is 5. The Morgan fingerprint density at radius 2 is 0.967 bits per heavy atom. The zero-order valence-corrected chi connectivity index (χ0v) is 22.1. The molecule has 0 aromatic rings. The highest BCUT2D eigenvalue weighted by atomic mass is 16.6. The fourth-order valence-corrected chi connectivity index (χ4v) is 1.34. The van der Waals surface area contributed by atoms with Crippen LogP contribution in [0.2, 0.25) is 0 Å². The number of methoxy groups -OCH3 is 1. The van der Waals surface area contributed by atoms with Crippen molar-refractivity contribution in [2.45, 2.75) is 69.2 Å². The largest absolute Gasteiger partial charge is 0.382 e. The molecule has 0 aliphatic heterocycles. The minimum Gasteiger partial charge on any atom is -0.382 e. The van der Waals surface area contributed by atoms with Gasteiger partial charge in [0, 0.05) is 13.7 Å². The molecule has 0 radical (unpaired) electrons. The predicted molar refractivity (Wildman–Crippen MR) is 128 cm³/mol. The molecule has 1 amide bonds. The molecule has 0 bridgehead atoms. The maximum Gasteiger partial charge on any atom is 0.246 e. The fourth-order valence-electron chi connectivity index (χ4n) is 1.34. The first-order valence-electron chi connectivity index (χ1n) is 11.7. The summed E-state index contributed by atoms with van der Waals surface area (Å²) >= 11 is 0. The van der Waals surface area contributed by atoms with E-state index in [9.17, 15) is 4.79 Å². The molecule has 7 heteroatoms. The third kappa shape index (κ3) is 50.7. The minimum atomic E-state index is -0.0921. The van der Waals surface area contributed by atoms with E-state index in [4.69, 9.17) is 23.7 Å². The Morgan fingerprint density at radius 1 is 0.633 bits per heavy atom. The number of carbonyl (C=O) groups is 1. The smallest absolute Gasteiger partial charge is 0.246 e. The van der Waals surface area contributed by atoms with Gasteiger partial charge in [-0.05, 0) is 5.92 Å². The van der Waals surface area contributed by atoms with Crippen molar-refractivity contribution in [3.8, 4) is 0 Å². The number of rotatable bonds is 16. The SMILES string of the molecule is CC.CC.CC.CC.COCCOCCOCCOCCOCC(=O)NCC(C)C. The molecule has 0 aromatic heterocycles. The molecule has 1 N–H and O–H groups in total. The lowest BCUT2D eigenvalue weighted by molar-refractivity contribution is -0.126. The van der Waals surface area contributed by atoms with Gasteiger partial charge >= 0.3 is 0 Å². The van der Waals surface area contributed by atoms with Gasteiger partial charge < -0.3 is 29.0 Å². The van der Waals surface area contributed by atoms with Crippen LogP contribution in [0.3, 0.4) is 0 Å². The van der Waals surface area contributed by atoms with Gasteiger partial charge in [-0.2, -0.15) is 0 Å². The van der Waals surface area contributed by atoms with Crippen LogP contribution < -0.4 is 5.32 Å². The van der Waals surface area contributed by atoms with Crippen molar-refractivity contribution in [3.05, 3.63) is 0 Å². The van der Waals surface area contributed by atoms with Gasteiger partial charge in [-0.15, -0.1) is 0 Å². The van der Waals surface area contributed by atoms with Crippen molar-refractivity contribution in [2.24, 2.45) is 5.92 Å². The summed E-state index contributed by atoms with van der Waals surface area (Å²) in [7, 11) is 1.64. The lowest BCUT2D eigenvalue weighted by Gasteiger charge is -2.09. The zero-order chi connectivity index (χ0) is 24.5. The second kappa shape index (κ2) is 46.5. The Balaban J connectivity index is -0.000000231. The summed E-state index contributed by atoms with van der Waals surface area (Å²) in [6, 6.07) is 0. The number of carbonyl (C=O) groups excluding carboxylic acids is 1. The van der Waals surface area contributed by atoms with Crippen LogP contribution in [0.25, 0.3) is 0 Å².